The van der Waals surface area contributed by atoms with E-state index >= 15 is 0 Å². The largest absolute Gasteiger partial charge is 0.316 e. The minimum atomic E-state index is 0.877. The highest BCUT2D eigenvalue weighted by molar-refractivity contribution is 5.11. The van der Waals surface area contributed by atoms with E-state index in [1.165, 1.54) is 50.8 Å². The number of rotatable bonds is 6. The van der Waals surface area contributed by atoms with Crippen molar-refractivity contribution >= 4 is 0 Å². The van der Waals surface area contributed by atoms with Crippen molar-refractivity contribution in [1.29, 1.82) is 0 Å². The molecule has 0 radical (unpaired) electrons. The summed E-state index contributed by atoms with van der Waals surface area (Å²) in [6.45, 7) is 4.61. The molecule has 1 fully saturated rings. The summed E-state index contributed by atoms with van der Waals surface area (Å²) in [6, 6.07) is 4.32. The molecule has 2 nitrogen and oxygen atoms in total. The van der Waals surface area contributed by atoms with E-state index in [2.05, 4.69) is 29.4 Å². The van der Waals surface area contributed by atoms with Crippen LogP contribution >= 0.6 is 0 Å². The highest BCUT2D eigenvalue weighted by atomic mass is 14.9. The first-order chi connectivity index (χ1) is 8.40. The zero-order valence-electron chi connectivity index (χ0n) is 10.9. The molecule has 2 rings (SSSR count). The van der Waals surface area contributed by atoms with Crippen LogP contribution in [-0.4, -0.2) is 18.1 Å². The highest BCUT2D eigenvalue weighted by Crippen LogP contribution is 2.33. The molecule has 2 atom stereocenters. The molecule has 1 aliphatic rings. The van der Waals surface area contributed by atoms with Crippen molar-refractivity contribution in [2.45, 2.75) is 39.0 Å². The molecule has 1 aliphatic carbocycles. The van der Waals surface area contributed by atoms with Crippen LogP contribution < -0.4 is 5.32 Å². The highest BCUT2D eigenvalue weighted by Gasteiger charge is 2.26. The number of hydrogen-bond acceptors (Lipinski definition) is 2. The average Bonchev–Trinajstić information content (AvgIpc) is 2.79. The van der Waals surface area contributed by atoms with Gasteiger partial charge in [-0.2, -0.15) is 0 Å². The number of aromatic nitrogens is 1. The molecular formula is C15H24N2. The second-order valence-electron chi connectivity index (χ2n) is 5.21. The van der Waals surface area contributed by atoms with Gasteiger partial charge in [0.25, 0.3) is 0 Å². The normalized spacial score (nSPS) is 24.1. The SMILES string of the molecule is CCCNCC1CCCC1Cc1ccncc1. The molecular weight excluding hydrogens is 208 g/mol. The van der Waals surface area contributed by atoms with Gasteiger partial charge in [0.1, 0.15) is 0 Å². The summed E-state index contributed by atoms with van der Waals surface area (Å²) in [7, 11) is 0. The Morgan fingerprint density at radius 2 is 2.00 bits per heavy atom. The third-order valence-corrected chi connectivity index (χ3v) is 3.90. The first-order valence-electron chi connectivity index (χ1n) is 6.99. The standard InChI is InChI=1S/C15H24N2/c1-2-8-17-12-15-5-3-4-14(15)11-13-6-9-16-10-7-13/h6-7,9-10,14-15,17H,2-5,8,11-12H2,1H3. The fourth-order valence-corrected chi connectivity index (χ4v) is 2.94. The Labute approximate surface area is 105 Å². The second kappa shape index (κ2) is 6.75. The quantitative estimate of drug-likeness (QED) is 0.763. The molecule has 1 saturated carbocycles. The lowest BCUT2D eigenvalue weighted by Gasteiger charge is -2.20. The third kappa shape index (κ3) is 3.81. The van der Waals surface area contributed by atoms with E-state index in [1.807, 2.05) is 12.4 Å². The zero-order chi connectivity index (χ0) is 11.9. The van der Waals surface area contributed by atoms with Crippen LogP contribution in [0.15, 0.2) is 24.5 Å². The Morgan fingerprint density at radius 1 is 1.24 bits per heavy atom. The Kier molecular flexibility index (Phi) is 4.99. The van der Waals surface area contributed by atoms with Gasteiger partial charge in [-0.15, -0.1) is 0 Å². The lowest BCUT2D eigenvalue weighted by atomic mass is 9.90. The van der Waals surface area contributed by atoms with E-state index in [9.17, 15) is 0 Å². The smallest absolute Gasteiger partial charge is 0.0270 e. The topological polar surface area (TPSA) is 24.9 Å². The van der Waals surface area contributed by atoms with Crippen LogP contribution in [0, 0.1) is 11.8 Å². The van der Waals surface area contributed by atoms with Crippen LogP contribution in [0.2, 0.25) is 0 Å². The van der Waals surface area contributed by atoms with Gasteiger partial charge in [-0.05, 0) is 68.3 Å². The first-order valence-corrected chi connectivity index (χ1v) is 6.99. The van der Waals surface area contributed by atoms with Gasteiger partial charge in [0.2, 0.25) is 0 Å². The molecule has 0 amide bonds. The van der Waals surface area contributed by atoms with Crippen LogP contribution in [0.5, 0.6) is 0 Å². The molecule has 0 aliphatic heterocycles. The first kappa shape index (κ1) is 12.6. The Morgan fingerprint density at radius 3 is 2.76 bits per heavy atom. The van der Waals surface area contributed by atoms with Crippen LogP contribution in [-0.2, 0) is 6.42 Å². The van der Waals surface area contributed by atoms with Gasteiger partial charge < -0.3 is 5.32 Å². The molecule has 17 heavy (non-hydrogen) atoms. The fourth-order valence-electron chi connectivity index (χ4n) is 2.94. The summed E-state index contributed by atoms with van der Waals surface area (Å²) in [6.07, 6.45) is 10.5. The van der Waals surface area contributed by atoms with Crippen molar-refractivity contribution < 1.29 is 0 Å². The number of nitrogens with zero attached hydrogens (tertiary/aromatic N) is 1. The summed E-state index contributed by atoms with van der Waals surface area (Å²) in [5, 5.41) is 3.58. The molecule has 1 aromatic rings. The van der Waals surface area contributed by atoms with Crippen LogP contribution in [0.25, 0.3) is 0 Å². The maximum Gasteiger partial charge on any atom is 0.0270 e. The van der Waals surface area contributed by atoms with Crippen molar-refractivity contribution in [2.75, 3.05) is 13.1 Å². The minimum absolute atomic E-state index is 0.877. The average molecular weight is 232 g/mol. The summed E-state index contributed by atoms with van der Waals surface area (Å²) in [5.74, 6) is 1.76. The van der Waals surface area contributed by atoms with E-state index < -0.39 is 0 Å². The zero-order valence-corrected chi connectivity index (χ0v) is 10.9. The van der Waals surface area contributed by atoms with Crippen LogP contribution in [0.3, 0.4) is 0 Å². The predicted molar refractivity (Wildman–Crippen MR) is 71.9 cm³/mol. The third-order valence-electron chi connectivity index (χ3n) is 3.90. The van der Waals surface area contributed by atoms with Gasteiger partial charge in [0.05, 0.1) is 0 Å². The lowest BCUT2D eigenvalue weighted by Crippen LogP contribution is -2.26. The molecule has 1 aromatic heterocycles. The molecule has 2 heteroatoms. The van der Waals surface area contributed by atoms with E-state index in [4.69, 9.17) is 0 Å². The molecule has 0 bridgehead atoms. The van der Waals surface area contributed by atoms with Gasteiger partial charge in [-0.1, -0.05) is 13.3 Å². The van der Waals surface area contributed by atoms with Gasteiger partial charge in [0.15, 0.2) is 0 Å². The lowest BCUT2D eigenvalue weighted by molar-refractivity contribution is 0.365. The van der Waals surface area contributed by atoms with E-state index in [-0.39, 0.29) is 0 Å². The van der Waals surface area contributed by atoms with E-state index in [1.54, 1.807) is 0 Å². The molecule has 2 unspecified atom stereocenters. The van der Waals surface area contributed by atoms with Gasteiger partial charge in [0, 0.05) is 12.4 Å². The molecule has 1 heterocycles. The number of hydrogen-bond donors (Lipinski definition) is 1. The molecule has 1 N–H and O–H groups in total. The van der Waals surface area contributed by atoms with Gasteiger partial charge in [-0.3, -0.25) is 4.98 Å². The maximum absolute atomic E-state index is 4.09. The molecule has 0 aromatic carbocycles. The molecule has 0 saturated heterocycles. The van der Waals surface area contributed by atoms with Crippen molar-refractivity contribution in [3.8, 4) is 0 Å². The summed E-state index contributed by atoms with van der Waals surface area (Å²) < 4.78 is 0. The van der Waals surface area contributed by atoms with E-state index in [0.717, 1.165) is 11.8 Å². The minimum Gasteiger partial charge on any atom is -0.316 e. The Balaban J connectivity index is 1.82. The van der Waals surface area contributed by atoms with Crippen molar-refractivity contribution in [2.24, 2.45) is 11.8 Å². The van der Waals surface area contributed by atoms with Crippen molar-refractivity contribution in [3.63, 3.8) is 0 Å². The van der Waals surface area contributed by atoms with Crippen LogP contribution in [0.4, 0.5) is 0 Å². The van der Waals surface area contributed by atoms with Crippen molar-refractivity contribution in [3.05, 3.63) is 30.1 Å². The summed E-state index contributed by atoms with van der Waals surface area (Å²) >= 11 is 0. The molecule has 94 valence electrons. The fraction of sp³-hybridized carbons (Fsp3) is 0.667. The Bertz CT molecular complexity index is 310. The van der Waals surface area contributed by atoms with Crippen LogP contribution in [0.1, 0.15) is 38.2 Å². The second-order valence-corrected chi connectivity index (χ2v) is 5.21. The maximum atomic E-state index is 4.09. The van der Waals surface area contributed by atoms with Gasteiger partial charge in [-0.25, -0.2) is 0 Å². The number of pyridine rings is 1. The van der Waals surface area contributed by atoms with E-state index in [0.29, 0.717) is 0 Å². The molecule has 0 spiro atoms. The monoisotopic (exact) mass is 232 g/mol. The van der Waals surface area contributed by atoms with Gasteiger partial charge >= 0.3 is 0 Å². The number of nitrogens with one attached hydrogen (secondary N) is 1. The summed E-state index contributed by atoms with van der Waals surface area (Å²) in [4.78, 5) is 4.09. The Hall–Kier alpha value is -0.890. The summed E-state index contributed by atoms with van der Waals surface area (Å²) in [5.41, 5.74) is 1.45. The van der Waals surface area contributed by atoms with Crippen molar-refractivity contribution in [1.82, 2.24) is 10.3 Å². The predicted octanol–water partition coefficient (Wildman–Crippen LogP) is 3.04.